The summed E-state index contributed by atoms with van der Waals surface area (Å²) >= 11 is 6.00. The number of rotatable bonds is 9. The van der Waals surface area contributed by atoms with E-state index in [2.05, 4.69) is 0 Å². The van der Waals surface area contributed by atoms with Crippen molar-refractivity contribution in [2.24, 2.45) is 0 Å². The molecule has 168 valence electrons. The molecule has 32 heavy (non-hydrogen) atoms. The van der Waals surface area contributed by atoms with E-state index in [1.54, 1.807) is 48.5 Å². The molecule has 0 N–H and O–H groups in total. The predicted octanol–water partition coefficient (Wildman–Crippen LogP) is 4.41. The molecule has 9 heteroatoms. The van der Waals surface area contributed by atoms with Gasteiger partial charge in [0.1, 0.15) is 24.7 Å². The molecule has 0 amide bonds. The number of para-hydroxylation sites is 3. The van der Waals surface area contributed by atoms with Gasteiger partial charge >= 0.3 is 5.97 Å². The maximum Gasteiger partial charge on any atom is 0.338 e. The van der Waals surface area contributed by atoms with Crippen LogP contribution in [-0.4, -0.2) is 41.8 Å². The minimum absolute atomic E-state index is 0.0145. The van der Waals surface area contributed by atoms with Crippen molar-refractivity contribution in [3.05, 3.63) is 83.4 Å². The van der Waals surface area contributed by atoms with Gasteiger partial charge in [0, 0.05) is 7.05 Å². The fourth-order valence-electron chi connectivity index (χ4n) is 2.87. The zero-order chi connectivity index (χ0) is 23.1. The fourth-order valence-corrected chi connectivity index (χ4v) is 4.27. The lowest BCUT2D eigenvalue weighted by Gasteiger charge is -2.21. The third-order valence-electron chi connectivity index (χ3n) is 4.58. The van der Waals surface area contributed by atoms with Crippen LogP contribution in [0, 0.1) is 0 Å². The summed E-state index contributed by atoms with van der Waals surface area (Å²) in [6.45, 7) is 0.145. The number of methoxy groups -OCH3 is 1. The highest BCUT2D eigenvalue weighted by Gasteiger charge is 2.24. The van der Waals surface area contributed by atoms with Crippen LogP contribution < -0.4 is 13.8 Å². The summed E-state index contributed by atoms with van der Waals surface area (Å²) in [5.41, 5.74) is 0.624. The van der Waals surface area contributed by atoms with Crippen molar-refractivity contribution in [1.29, 1.82) is 0 Å². The lowest BCUT2D eigenvalue weighted by molar-refractivity contribution is 0.0450. The topological polar surface area (TPSA) is 82.1 Å². The Bertz CT molecular complexity index is 1180. The van der Waals surface area contributed by atoms with E-state index in [1.807, 2.05) is 0 Å². The van der Waals surface area contributed by atoms with Gasteiger partial charge in [-0.05, 0) is 48.5 Å². The zero-order valence-corrected chi connectivity index (χ0v) is 19.1. The summed E-state index contributed by atoms with van der Waals surface area (Å²) in [5.74, 6) is 0.339. The van der Waals surface area contributed by atoms with Crippen LogP contribution in [0.25, 0.3) is 0 Å². The van der Waals surface area contributed by atoms with Crippen LogP contribution in [0.5, 0.6) is 11.5 Å². The molecule has 0 fully saturated rings. The monoisotopic (exact) mass is 475 g/mol. The zero-order valence-electron chi connectivity index (χ0n) is 17.5. The first-order valence-corrected chi connectivity index (χ1v) is 11.4. The Balaban J connectivity index is 1.62. The van der Waals surface area contributed by atoms with Gasteiger partial charge in [-0.2, -0.15) is 0 Å². The van der Waals surface area contributed by atoms with Crippen molar-refractivity contribution in [1.82, 2.24) is 0 Å². The minimum Gasteiger partial charge on any atom is -0.495 e. The maximum atomic E-state index is 13.0. The Morgan fingerprint density at radius 3 is 2.19 bits per heavy atom. The molecule has 0 saturated heterocycles. The molecule has 0 heterocycles. The molecular formula is C23H22ClNO6S. The van der Waals surface area contributed by atoms with Gasteiger partial charge in [0.2, 0.25) is 0 Å². The number of nitrogens with zero attached hydrogens (tertiary/aromatic N) is 1. The molecule has 0 bridgehead atoms. The van der Waals surface area contributed by atoms with Crippen molar-refractivity contribution in [2.75, 3.05) is 31.7 Å². The van der Waals surface area contributed by atoms with E-state index in [1.165, 1.54) is 38.4 Å². The highest BCUT2D eigenvalue weighted by atomic mass is 35.5. The Morgan fingerprint density at radius 2 is 1.53 bits per heavy atom. The van der Waals surface area contributed by atoms with Gasteiger partial charge in [0.25, 0.3) is 10.0 Å². The summed E-state index contributed by atoms with van der Waals surface area (Å²) in [6.07, 6.45) is 0. The van der Waals surface area contributed by atoms with E-state index in [0.717, 1.165) is 4.31 Å². The van der Waals surface area contributed by atoms with Crippen LogP contribution in [-0.2, 0) is 14.8 Å². The van der Waals surface area contributed by atoms with E-state index >= 15 is 0 Å². The third-order valence-corrected chi connectivity index (χ3v) is 6.68. The van der Waals surface area contributed by atoms with E-state index < -0.39 is 16.0 Å². The van der Waals surface area contributed by atoms with E-state index in [-0.39, 0.29) is 23.7 Å². The largest absolute Gasteiger partial charge is 0.495 e. The molecule has 0 spiro atoms. The van der Waals surface area contributed by atoms with Gasteiger partial charge in [-0.15, -0.1) is 0 Å². The summed E-state index contributed by atoms with van der Waals surface area (Å²) in [7, 11) is -0.944. The molecule has 3 aromatic rings. The van der Waals surface area contributed by atoms with E-state index in [0.29, 0.717) is 22.2 Å². The van der Waals surface area contributed by atoms with Crippen LogP contribution in [0.2, 0.25) is 5.02 Å². The first-order chi connectivity index (χ1) is 15.3. The van der Waals surface area contributed by atoms with Gasteiger partial charge in [-0.3, -0.25) is 4.31 Å². The van der Waals surface area contributed by atoms with E-state index in [9.17, 15) is 13.2 Å². The maximum absolute atomic E-state index is 13.0. The normalized spacial score (nSPS) is 11.0. The Morgan fingerprint density at radius 1 is 0.906 bits per heavy atom. The molecule has 0 aliphatic rings. The molecular weight excluding hydrogens is 454 g/mol. The van der Waals surface area contributed by atoms with Crippen LogP contribution in [0.3, 0.4) is 0 Å². The van der Waals surface area contributed by atoms with Crippen LogP contribution in [0.1, 0.15) is 10.4 Å². The second kappa shape index (κ2) is 10.4. The lowest BCUT2D eigenvalue weighted by Crippen LogP contribution is -2.27. The molecule has 0 unspecified atom stereocenters. The number of anilines is 1. The molecule has 0 radical (unpaired) electrons. The van der Waals surface area contributed by atoms with Gasteiger partial charge < -0.3 is 14.2 Å². The smallest absolute Gasteiger partial charge is 0.338 e. The lowest BCUT2D eigenvalue weighted by atomic mass is 10.2. The molecule has 7 nitrogen and oxygen atoms in total. The van der Waals surface area contributed by atoms with Gasteiger partial charge in [0.05, 0.1) is 28.3 Å². The fraction of sp³-hybridized carbons (Fsp3) is 0.174. The second-order valence-electron chi connectivity index (χ2n) is 6.58. The Labute approximate surface area is 192 Å². The number of hydrogen-bond donors (Lipinski definition) is 0. The van der Waals surface area contributed by atoms with Crippen molar-refractivity contribution in [3.8, 4) is 11.5 Å². The number of benzene rings is 3. The van der Waals surface area contributed by atoms with Crippen LogP contribution >= 0.6 is 11.6 Å². The molecule has 3 rings (SSSR count). The highest BCUT2D eigenvalue weighted by Crippen LogP contribution is 2.31. The molecule has 0 aromatic heterocycles. The number of ether oxygens (including phenoxy) is 3. The molecule has 0 aliphatic carbocycles. The summed E-state index contributed by atoms with van der Waals surface area (Å²) in [4.78, 5) is 12.3. The Kier molecular flexibility index (Phi) is 7.61. The number of hydrogen-bond acceptors (Lipinski definition) is 6. The molecule has 0 saturated carbocycles. The van der Waals surface area contributed by atoms with Crippen molar-refractivity contribution >= 4 is 33.3 Å². The summed E-state index contributed by atoms with van der Waals surface area (Å²) < 4.78 is 43.0. The van der Waals surface area contributed by atoms with Gasteiger partial charge in [-0.1, -0.05) is 35.9 Å². The van der Waals surface area contributed by atoms with Gasteiger partial charge in [-0.25, -0.2) is 13.2 Å². The Hall–Kier alpha value is -3.23. The first kappa shape index (κ1) is 23.4. The number of sulfonamides is 1. The van der Waals surface area contributed by atoms with Crippen LogP contribution in [0.15, 0.2) is 77.7 Å². The average Bonchev–Trinajstić information content (AvgIpc) is 2.82. The quantitative estimate of drug-likeness (QED) is 0.337. The number of carbonyl (C=O) groups is 1. The van der Waals surface area contributed by atoms with Crippen molar-refractivity contribution in [2.45, 2.75) is 4.90 Å². The third kappa shape index (κ3) is 5.33. The van der Waals surface area contributed by atoms with Crippen molar-refractivity contribution < 1.29 is 27.4 Å². The molecule has 0 aliphatic heterocycles. The average molecular weight is 476 g/mol. The summed E-state index contributed by atoms with van der Waals surface area (Å²) in [6, 6.07) is 19.3. The van der Waals surface area contributed by atoms with Gasteiger partial charge in [0.15, 0.2) is 0 Å². The van der Waals surface area contributed by atoms with Crippen molar-refractivity contribution in [3.63, 3.8) is 0 Å². The number of halogens is 1. The summed E-state index contributed by atoms with van der Waals surface area (Å²) in [5, 5.41) is 0.466. The highest BCUT2D eigenvalue weighted by molar-refractivity contribution is 7.92. The molecule has 0 atom stereocenters. The van der Waals surface area contributed by atoms with Crippen LogP contribution in [0.4, 0.5) is 5.69 Å². The molecule has 3 aromatic carbocycles. The van der Waals surface area contributed by atoms with E-state index in [4.69, 9.17) is 25.8 Å². The minimum atomic E-state index is -3.85. The standard InChI is InChI=1S/C23H22ClNO6S/c1-25(20-8-4-6-10-22(20)29-2)32(27,28)18-13-11-17(12-14-18)23(26)31-16-15-30-21-9-5-3-7-19(21)24/h3-14H,15-16H2,1-2H3. The SMILES string of the molecule is COc1ccccc1N(C)S(=O)(=O)c1ccc(C(=O)OCCOc2ccccc2Cl)cc1. The first-order valence-electron chi connectivity index (χ1n) is 9.61. The number of carbonyl (C=O) groups excluding carboxylic acids is 1. The predicted molar refractivity (Wildman–Crippen MR) is 122 cm³/mol. The number of esters is 1. The second-order valence-corrected chi connectivity index (χ2v) is 8.96.